The Hall–Kier alpha value is -5.75. The summed E-state index contributed by atoms with van der Waals surface area (Å²) >= 11 is 0. The zero-order valence-electron chi connectivity index (χ0n) is 25.0. The van der Waals surface area contributed by atoms with Crippen molar-refractivity contribution < 1.29 is 30.3 Å². The summed E-state index contributed by atoms with van der Waals surface area (Å²) < 4.78 is 0. The number of rotatable bonds is 3. The third-order valence-corrected chi connectivity index (χ3v) is 6.91. The Morgan fingerprint density at radius 3 is 1.26 bits per heavy atom. The first-order chi connectivity index (χ1) is 22.6. The summed E-state index contributed by atoms with van der Waals surface area (Å²) in [6.07, 6.45) is 3.43. The number of para-hydroxylation sites is 2. The van der Waals surface area contributed by atoms with Gasteiger partial charge >= 0.3 is 0 Å². The third kappa shape index (κ3) is 8.70. The van der Waals surface area contributed by atoms with Crippen molar-refractivity contribution in [2.75, 3.05) is 0 Å². The van der Waals surface area contributed by atoms with Crippen LogP contribution in [0.5, 0.6) is 11.5 Å². The number of aromatic nitrogens is 4. The molecule has 4 aromatic carbocycles. The second-order valence-corrected chi connectivity index (χ2v) is 10.1. The molecule has 6 nitrogen and oxygen atoms in total. The van der Waals surface area contributed by atoms with Crippen LogP contribution in [0.1, 0.15) is 0 Å². The van der Waals surface area contributed by atoms with Crippen LogP contribution in [-0.4, -0.2) is 30.1 Å². The summed E-state index contributed by atoms with van der Waals surface area (Å²) in [4.78, 5) is 17.7. The third-order valence-electron chi connectivity index (χ3n) is 6.91. The van der Waals surface area contributed by atoms with E-state index in [4.69, 9.17) is 0 Å². The van der Waals surface area contributed by atoms with E-state index in [1.807, 2.05) is 84.9 Å². The number of nitrogens with zero attached hydrogens (tertiary/aromatic N) is 4. The van der Waals surface area contributed by atoms with Crippen molar-refractivity contribution in [1.29, 1.82) is 0 Å². The fourth-order valence-electron chi connectivity index (χ4n) is 4.67. The number of phenolic OH excluding ortho intramolecular Hbond substituents is 2. The number of benzene rings is 4. The van der Waals surface area contributed by atoms with Gasteiger partial charge in [0.1, 0.15) is 0 Å². The summed E-state index contributed by atoms with van der Waals surface area (Å²) in [6, 6.07) is 51.6. The van der Waals surface area contributed by atoms with Crippen molar-refractivity contribution in [3.05, 3.63) is 170 Å². The first-order valence-corrected chi connectivity index (χ1v) is 14.6. The van der Waals surface area contributed by atoms with E-state index >= 15 is 0 Å². The standard InChI is InChI=1S/C18H12N2.2C11H8NO.Ir/c1-3-7-15-13(5-1)9-11-17(19-15)18-12-10-14-6-2-4-8-16(14)20-18;2*13-10-5-3-4-9(8-10)11-6-1-2-7-12-11;/h1-12H;2*1-3,5-8,13H;/q;2*-1;. The predicted molar refractivity (Wildman–Crippen MR) is 183 cm³/mol. The van der Waals surface area contributed by atoms with Crippen molar-refractivity contribution in [3.63, 3.8) is 0 Å². The molecular formula is C40H28IrN4O2-2. The molecule has 47 heavy (non-hydrogen) atoms. The minimum Gasteiger partial charge on any atom is -0.527 e. The maximum atomic E-state index is 9.23. The van der Waals surface area contributed by atoms with Crippen LogP contribution in [0.25, 0.3) is 55.7 Å². The molecule has 8 rings (SSSR count). The molecule has 7 heteroatoms. The quantitative estimate of drug-likeness (QED) is 0.174. The maximum Gasteiger partial charge on any atom is 0.0894 e. The van der Waals surface area contributed by atoms with Gasteiger partial charge in [-0.15, -0.1) is 59.7 Å². The summed E-state index contributed by atoms with van der Waals surface area (Å²) in [5.41, 5.74) is 7.07. The molecule has 0 saturated carbocycles. The van der Waals surface area contributed by atoms with Gasteiger partial charge in [0, 0.05) is 54.8 Å². The van der Waals surface area contributed by atoms with E-state index in [-0.39, 0.29) is 31.6 Å². The van der Waals surface area contributed by atoms with Gasteiger partial charge in [0.2, 0.25) is 0 Å². The molecule has 8 aromatic rings. The number of aromatic hydroxyl groups is 2. The number of fused-ring (bicyclic) bond motifs is 2. The molecule has 0 saturated heterocycles. The van der Waals surface area contributed by atoms with Gasteiger partial charge in [-0.05, 0) is 47.8 Å². The molecule has 0 spiro atoms. The predicted octanol–water partition coefficient (Wildman–Crippen LogP) is 8.96. The van der Waals surface area contributed by atoms with Crippen molar-refractivity contribution in [1.82, 2.24) is 19.9 Å². The van der Waals surface area contributed by atoms with E-state index < -0.39 is 0 Å². The maximum absolute atomic E-state index is 9.23. The molecule has 0 bridgehead atoms. The van der Waals surface area contributed by atoms with Gasteiger partial charge in [0.15, 0.2) is 0 Å². The van der Waals surface area contributed by atoms with Crippen LogP contribution in [-0.2, 0) is 20.1 Å². The van der Waals surface area contributed by atoms with Gasteiger partial charge in [0.25, 0.3) is 0 Å². The molecule has 4 heterocycles. The van der Waals surface area contributed by atoms with Crippen molar-refractivity contribution in [3.8, 4) is 45.4 Å². The minimum atomic E-state index is 0. The monoisotopic (exact) mass is 789 g/mol. The summed E-state index contributed by atoms with van der Waals surface area (Å²) in [7, 11) is 0. The largest absolute Gasteiger partial charge is 0.527 e. The Kier molecular flexibility index (Phi) is 11.1. The Labute approximate surface area is 286 Å². The van der Waals surface area contributed by atoms with Gasteiger partial charge < -0.3 is 20.2 Å². The average molecular weight is 789 g/mol. The first kappa shape index (κ1) is 32.6. The fourth-order valence-corrected chi connectivity index (χ4v) is 4.67. The molecule has 1 radical (unpaired) electrons. The summed E-state index contributed by atoms with van der Waals surface area (Å²) in [5, 5.41) is 20.8. The summed E-state index contributed by atoms with van der Waals surface area (Å²) in [6.45, 7) is 0. The summed E-state index contributed by atoms with van der Waals surface area (Å²) in [5.74, 6) is 0.471. The van der Waals surface area contributed by atoms with Crippen molar-refractivity contribution in [2.24, 2.45) is 0 Å². The molecule has 0 amide bonds. The fraction of sp³-hybridized carbons (Fsp3) is 0. The number of pyridine rings is 4. The molecule has 4 aromatic heterocycles. The van der Waals surface area contributed by atoms with Gasteiger partial charge in [0.05, 0.1) is 22.4 Å². The van der Waals surface area contributed by atoms with E-state index in [2.05, 4.69) is 56.3 Å². The number of hydrogen-bond acceptors (Lipinski definition) is 6. The molecule has 0 unspecified atom stereocenters. The van der Waals surface area contributed by atoms with E-state index in [1.165, 1.54) is 0 Å². The second-order valence-electron chi connectivity index (χ2n) is 10.1. The molecule has 0 atom stereocenters. The normalized spacial score (nSPS) is 10.1. The van der Waals surface area contributed by atoms with Crippen LogP contribution >= 0.6 is 0 Å². The van der Waals surface area contributed by atoms with Gasteiger partial charge in [-0.25, -0.2) is 9.97 Å². The molecule has 231 valence electrons. The molecule has 0 aliphatic heterocycles. The Bertz CT molecular complexity index is 2040. The van der Waals surface area contributed by atoms with Crippen LogP contribution in [0.2, 0.25) is 0 Å². The smallest absolute Gasteiger partial charge is 0.0894 e. The van der Waals surface area contributed by atoms with Crippen LogP contribution in [0.15, 0.2) is 158 Å². The average Bonchev–Trinajstić information content (AvgIpc) is 3.12. The van der Waals surface area contributed by atoms with Crippen LogP contribution in [0.4, 0.5) is 0 Å². The van der Waals surface area contributed by atoms with Gasteiger partial charge in [-0.1, -0.05) is 72.8 Å². The molecule has 0 aliphatic carbocycles. The second kappa shape index (κ2) is 16.0. The number of phenols is 2. The van der Waals surface area contributed by atoms with E-state index in [9.17, 15) is 10.2 Å². The molecular weight excluding hydrogens is 761 g/mol. The molecule has 2 N–H and O–H groups in total. The molecule has 0 fully saturated rings. The van der Waals surface area contributed by atoms with E-state index in [1.54, 1.807) is 48.8 Å². The minimum absolute atomic E-state index is 0. The van der Waals surface area contributed by atoms with Crippen molar-refractivity contribution >= 4 is 21.8 Å². The first-order valence-electron chi connectivity index (χ1n) is 14.6. The zero-order chi connectivity index (χ0) is 31.6. The van der Waals surface area contributed by atoms with Crippen molar-refractivity contribution in [2.45, 2.75) is 0 Å². The SMILES string of the molecule is Oc1cc[c-]c(-c2ccccn2)c1.Oc1cc[c-]c(-c2ccccn2)c1.[Ir].c1ccc2nc(-c3ccc4ccccc4n3)ccc2c1. The Morgan fingerprint density at radius 1 is 0.426 bits per heavy atom. The van der Waals surface area contributed by atoms with E-state index in [0.29, 0.717) is 0 Å². The van der Waals surface area contributed by atoms with E-state index in [0.717, 1.165) is 55.7 Å². The van der Waals surface area contributed by atoms with Crippen LogP contribution in [0.3, 0.4) is 0 Å². The Morgan fingerprint density at radius 2 is 0.851 bits per heavy atom. The van der Waals surface area contributed by atoms with Crippen LogP contribution in [0, 0.1) is 12.1 Å². The topological polar surface area (TPSA) is 92.0 Å². The zero-order valence-corrected chi connectivity index (χ0v) is 27.4. The van der Waals surface area contributed by atoms with Gasteiger partial charge in [-0.2, -0.15) is 0 Å². The van der Waals surface area contributed by atoms with Gasteiger partial charge in [-0.3, -0.25) is 0 Å². The Balaban J connectivity index is 0.000000142. The van der Waals surface area contributed by atoms with Crippen LogP contribution < -0.4 is 0 Å². The number of hydrogen-bond donors (Lipinski definition) is 2. The molecule has 0 aliphatic rings.